The Morgan fingerprint density at radius 2 is 1.77 bits per heavy atom. The molecule has 22 heavy (non-hydrogen) atoms. The molecule has 0 unspecified atom stereocenters. The lowest BCUT2D eigenvalue weighted by molar-refractivity contribution is 0.0616. The van der Waals surface area contributed by atoms with Crippen LogP contribution in [0.5, 0.6) is 0 Å². The molecule has 1 heterocycles. The number of halogens is 3. The number of benzene rings is 1. The number of hydrazine groups is 1. The third-order valence-electron chi connectivity index (χ3n) is 2.73. The number of nitrogens with zero attached hydrogens (tertiary/aromatic N) is 2. The Kier molecular flexibility index (Phi) is 5.02. The molecule has 6 nitrogen and oxygen atoms in total. The molecule has 0 saturated heterocycles. The molecule has 1 aromatic heterocycles. The molecule has 2 rings (SSSR count). The van der Waals surface area contributed by atoms with Gasteiger partial charge in [-0.1, -0.05) is 29.3 Å². The number of nitrogens with two attached hydrogens (primary N) is 2. The molecule has 2 amide bonds. The lowest BCUT2D eigenvalue weighted by Gasteiger charge is -2.17. The molecule has 9 heteroatoms. The van der Waals surface area contributed by atoms with Gasteiger partial charge in [0.2, 0.25) is 0 Å². The Morgan fingerprint density at radius 1 is 1.18 bits per heavy atom. The number of anilines is 1. The number of nitrogen functional groups attached to an aromatic ring is 1. The van der Waals surface area contributed by atoms with Crippen LogP contribution in [0.15, 0.2) is 34.9 Å². The highest BCUT2D eigenvalue weighted by atomic mass is 79.9. The number of hydrogen-bond acceptors (Lipinski definition) is 5. The number of carbonyl (C=O) groups excluding carboxylic acids is 2. The molecular weight excluding hydrogens is 395 g/mol. The van der Waals surface area contributed by atoms with Crippen LogP contribution in [0.25, 0.3) is 0 Å². The predicted molar refractivity (Wildman–Crippen MR) is 87.5 cm³/mol. The average Bonchev–Trinajstić information content (AvgIpc) is 2.48. The third kappa shape index (κ3) is 3.22. The van der Waals surface area contributed by atoms with Crippen LogP contribution in [0.1, 0.15) is 20.7 Å². The normalized spacial score (nSPS) is 10.4. The van der Waals surface area contributed by atoms with E-state index in [1.54, 1.807) is 6.07 Å². The van der Waals surface area contributed by atoms with Crippen LogP contribution in [0.3, 0.4) is 0 Å². The summed E-state index contributed by atoms with van der Waals surface area (Å²) in [6, 6.07) is 5.91. The Balaban J connectivity index is 2.39. The highest BCUT2D eigenvalue weighted by Crippen LogP contribution is 2.26. The monoisotopic (exact) mass is 402 g/mol. The van der Waals surface area contributed by atoms with Gasteiger partial charge in [-0.15, -0.1) is 0 Å². The van der Waals surface area contributed by atoms with Gasteiger partial charge in [-0.25, -0.2) is 15.8 Å². The molecule has 4 N–H and O–H groups in total. The van der Waals surface area contributed by atoms with Gasteiger partial charge in [0.1, 0.15) is 5.82 Å². The summed E-state index contributed by atoms with van der Waals surface area (Å²) in [6.07, 6.45) is 1.42. The number of pyridine rings is 1. The van der Waals surface area contributed by atoms with Gasteiger partial charge in [-0.3, -0.25) is 9.59 Å². The average molecular weight is 404 g/mol. The zero-order valence-electron chi connectivity index (χ0n) is 10.9. The first-order valence-corrected chi connectivity index (χ1v) is 7.36. The van der Waals surface area contributed by atoms with Crippen LogP contribution in [0.4, 0.5) is 5.82 Å². The lowest BCUT2D eigenvalue weighted by atomic mass is 10.2. The molecule has 114 valence electrons. The van der Waals surface area contributed by atoms with Crippen molar-refractivity contribution in [3.05, 3.63) is 56.1 Å². The van der Waals surface area contributed by atoms with Gasteiger partial charge >= 0.3 is 0 Å². The maximum Gasteiger partial charge on any atom is 0.278 e. The molecule has 0 aliphatic carbocycles. The van der Waals surface area contributed by atoms with E-state index in [1.807, 2.05) is 0 Å². The summed E-state index contributed by atoms with van der Waals surface area (Å²) in [7, 11) is 0. The molecule has 0 spiro atoms. The Bertz CT molecular complexity index is 749. The molecule has 1 aromatic carbocycles. The summed E-state index contributed by atoms with van der Waals surface area (Å²) >= 11 is 15.0. The molecule has 0 aliphatic rings. The van der Waals surface area contributed by atoms with Gasteiger partial charge in [0, 0.05) is 10.7 Å². The Labute approximate surface area is 144 Å². The maximum absolute atomic E-state index is 12.3. The van der Waals surface area contributed by atoms with E-state index < -0.39 is 11.8 Å². The first-order valence-electron chi connectivity index (χ1n) is 5.81. The highest BCUT2D eigenvalue weighted by Gasteiger charge is 2.26. The number of aromatic nitrogens is 1. The fraction of sp³-hybridized carbons (Fsp3) is 0. The van der Waals surface area contributed by atoms with Crippen molar-refractivity contribution in [2.24, 2.45) is 5.84 Å². The number of carbonyl (C=O) groups is 2. The number of amides is 2. The second kappa shape index (κ2) is 6.62. The van der Waals surface area contributed by atoms with Crippen molar-refractivity contribution in [1.82, 2.24) is 9.99 Å². The van der Waals surface area contributed by atoms with Crippen molar-refractivity contribution < 1.29 is 9.59 Å². The van der Waals surface area contributed by atoms with E-state index in [9.17, 15) is 9.59 Å². The fourth-order valence-electron chi connectivity index (χ4n) is 1.67. The van der Waals surface area contributed by atoms with E-state index >= 15 is 0 Å². The van der Waals surface area contributed by atoms with Gasteiger partial charge in [0.05, 0.1) is 21.2 Å². The lowest BCUT2D eigenvalue weighted by Crippen LogP contribution is -2.43. The maximum atomic E-state index is 12.3. The van der Waals surface area contributed by atoms with E-state index in [-0.39, 0.29) is 27.0 Å². The molecule has 0 bridgehead atoms. The minimum atomic E-state index is -0.847. The van der Waals surface area contributed by atoms with Gasteiger partial charge in [-0.05, 0) is 34.1 Å². The van der Waals surface area contributed by atoms with E-state index in [0.29, 0.717) is 9.48 Å². The van der Waals surface area contributed by atoms with Gasteiger partial charge in [0.25, 0.3) is 11.8 Å². The van der Waals surface area contributed by atoms with E-state index in [2.05, 4.69) is 20.9 Å². The van der Waals surface area contributed by atoms with Crippen molar-refractivity contribution in [2.45, 2.75) is 0 Å². The molecule has 0 fully saturated rings. The smallest absolute Gasteiger partial charge is 0.278 e. The second-order valence-electron chi connectivity index (χ2n) is 4.16. The highest BCUT2D eigenvalue weighted by molar-refractivity contribution is 9.10. The number of imide groups is 1. The van der Waals surface area contributed by atoms with E-state index in [4.69, 9.17) is 34.8 Å². The summed E-state index contributed by atoms with van der Waals surface area (Å²) in [5.41, 5.74) is 5.54. The van der Waals surface area contributed by atoms with Crippen LogP contribution in [0, 0.1) is 0 Å². The topological polar surface area (TPSA) is 102 Å². The Morgan fingerprint density at radius 3 is 2.36 bits per heavy atom. The summed E-state index contributed by atoms with van der Waals surface area (Å²) in [5.74, 6) is 3.87. The Hall–Kier alpha value is -1.67. The van der Waals surface area contributed by atoms with Crippen LogP contribution in [-0.4, -0.2) is 21.8 Å². The largest absolute Gasteiger partial charge is 0.383 e. The molecule has 0 aliphatic heterocycles. The number of rotatable bonds is 2. The minimum absolute atomic E-state index is 0.0200. The SMILES string of the molecule is Nc1ncc(Br)cc1C(=O)N(N)C(=O)c1c(Cl)cccc1Cl. The van der Waals surface area contributed by atoms with E-state index in [1.165, 1.54) is 24.4 Å². The molecular formula is C13H9BrCl2N4O2. The molecule has 0 radical (unpaired) electrons. The number of hydrogen-bond donors (Lipinski definition) is 2. The quantitative estimate of drug-likeness (QED) is 0.347. The molecule has 2 aromatic rings. The van der Waals surface area contributed by atoms with Crippen LogP contribution in [-0.2, 0) is 0 Å². The summed E-state index contributed by atoms with van der Waals surface area (Å²) < 4.78 is 0.515. The predicted octanol–water partition coefficient (Wildman–Crippen LogP) is 2.89. The molecule has 0 saturated carbocycles. The summed E-state index contributed by atoms with van der Waals surface area (Å²) in [6.45, 7) is 0. The standard InChI is InChI=1S/C13H9BrCl2N4O2/c14-6-4-7(11(17)19-5-6)12(21)20(18)13(22)10-8(15)2-1-3-9(10)16/h1-5H,18H2,(H2,17,19). The van der Waals surface area contributed by atoms with Gasteiger partial charge < -0.3 is 5.73 Å². The minimum Gasteiger partial charge on any atom is -0.383 e. The first-order chi connectivity index (χ1) is 10.3. The van der Waals surface area contributed by atoms with Crippen LogP contribution < -0.4 is 11.6 Å². The van der Waals surface area contributed by atoms with Crippen LogP contribution in [0.2, 0.25) is 10.0 Å². The zero-order valence-corrected chi connectivity index (χ0v) is 14.0. The van der Waals surface area contributed by atoms with Crippen molar-refractivity contribution in [1.29, 1.82) is 0 Å². The van der Waals surface area contributed by atoms with E-state index in [0.717, 1.165) is 0 Å². The van der Waals surface area contributed by atoms with Gasteiger partial charge in [0.15, 0.2) is 0 Å². The summed E-state index contributed by atoms with van der Waals surface area (Å²) in [4.78, 5) is 28.5. The first kappa shape index (κ1) is 16.7. The summed E-state index contributed by atoms with van der Waals surface area (Å²) in [5, 5.41) is 0.564. The van der Waals surface area contributed by atoms with Crippen molar-refractivity contribution >= 4 is 56.8 Å². The second-order valence-corrected chi connectivity index (χ2v) is 5.89. The third-order valence-corrected chi connectivity index (χ3v) is 3.79. The van der Waals surface area contributed by atoms with Crippen molar-refractivity contribution in [3.8, 4) is 0 Å². The zero-order chi connectivity index (χ0) is 16.4. The van der Waals surface area contributed by atoms with Crippen LogP contribution >= 0.6 is 39.1 Å². The van der Waals surface area contributed by atoms with Crippen molar-refractivity contribution in [3.63, 3.8) is 0 Å². The van der Waals surface area contributed by atoms with Crippen molar-refractivity contribution in [2.75, 3.05) is 5.73 Å². The molecule has 0 atom stereocenters. The van der Waals surface area contributed by atoms with Gasteiger partial charge in [-0.2, -0.15) is 0 Å². The fourth-order valence-corrected chi connectivity index (χ4v) is 2.56.